The molecule has 18 heavy (non-hydrogen) atoms. The van der Waals surface area contributed by atoms with E-state index in [9.17, 15) is 0 Å². The van der Waals surface area contributed by atoms with E-state index in [-0.39, 0.29) is 18.2 Å². The lowest BCUT2D eigenvalue weighted by atomic mass is 9.88. The molecule has 0 N–H and O–H groups in total. The predicted molar refractivity (Wildman–Crippen MR) is 76.8 cm³/mol. The molecule has 1 unspecified atom stereocenters. The van der Waals surface area contributed by atoms with Crippen LogP contribution in [0.3, 0.4) is 0 Å². The van der Waals surface area contributed by atoms with Gasteiger partial charge in [-0.3, -0.25) is 0 Å². The molecule has 106 valence electrons. The SMILES string of the molecule is B[C@@H]1O[C@](CC)(COCCCC)C(OS)[C@@H]1OC. The second-order valence-corrected chi connectivity index (χ2v) is 5.08. The largest absolute Gasteiger partial charge is 0.378 e. The molecule has 1 aliphatic rings. The van der Waals surface area contributed by atoms with E-state index in [2.05, 4.69) is 26.8 Å². The highest BCUT2D eigenvalue weighted by atomic mass is 32.1. The Morgan fingerprint density at radius 3 is 2.61 bits per heavy atom. The summed E-state index contributed by atoms with van der Waals surface area (Å²) in [6, 6.07) is -0.0122. The quantitative estimate of drug-likeness (QED) is 0.313. The van der Waals surface area contributed by atoms with E-state index < -0.39 is 5.60 Å². The van der Waals surface area contributed by atoms with Gasteiger partial charge in [0.2, 0.25) is 0 Å². The van der Waals surface area contributed by atoms with Gasteiger partial charge >= 0.3 is 0 Å². The Balaban J connectivity index is 2.66. The minimum atomic E-state index is -0.449. The van der Waals surface area contributed by atoms with E-state index >= 15 is 0 Å². The first-order valence-corrected chi connectivity index (χ1v) is 7.10. The van der Waals surface area contributed by atoms with Crippen LogP contribution in [0.5, 0.6) is 0 Å². The predicted octanol–water partition coefficient (Wildman–Crippen LogP) is 1.19. The van der Waals surface area contributed by atoms with Crippen molar-refractivity contribution in [2.45, 2.75) is 56.9 Å². The molecular weight excluding hydrogens is 251 g/mol. The third-order valence-electron chi connectivity index (χ3n) is 3.67. The fraction of sp³-hybridized carbons (Fsp3) is 1.00. The van der Waals surface area contributed by atoms with Gasteiger partial charge < -0.3 is 18.4 Å². The van der Waals surface area contributed by atoms with Crippen LogP contribution in [0.1, 0.15) is 33.1 Å². The van der Waals surface area contributed by atoms with Crippen LogP contribution >= 0.6 is 12.9 Å². The fourth-order valence-corrected chi connectivity index (χ4v) is 2.83. The van der Waals surface area contributed by atoms with Crippen molar-refractivity contribution in [3.63, 3.8) is 0 Å². The third kappa shape index (κ3) is 3.42. The lowest BCUT2D eigenvalue weighted by Crippen LogP contribution is -2.47. The molecule has 0 saturated carbocycles. The molecular formula is C12H25BO4S. The highest BCUT2D eigenvalue weighted by Gasteiger charge is 2.53. The smallest absolute Gasteiger partial charge is 0.142 e. The second-order valence-electron chi connectivity index (χ2n) is 4.87. The Morgan fingerprint density at radius 2 is 2.11 bits per heavy atom. The topological polar surface area (TPSA) is 36.9 Å². The van der Waals surface area contributed by atoms with Gasteiger partial charge in [0.15, 0.2) is 0 Å². The van der Waals surface area contributed by atoms with E-state index in [1.165, 1.54) is 0 Å². The van der Waals surface area contributed by atoms with Gasteiger partial charge in [-0.25, -0.2) is 0 Å². The zero-order valence-corrected chi connectivity index (χ0v) is 12.7. The molecule has 0 aromatic rings. The summed E-state index contributed by atoms with van der Waals surface area (Å²) < 4.78 is 22.6. The van der Waals surface area contributed by atoms with Gasteiger partial charge in [0.25, 0.3) is 0 Å². The Morgan fingerprint density at radius 1 is 1.39 bits per heavy atom. The molecule has 1 saturated heterocycles. The van der Waals surface area contributed by atoms with Gasteiger partial charge in [-0.1, -0.05) is 20.3 Å². The van der Waals surface area contributed by atoms with Crippen LogP contribution < -0.4 is 0 Å². The van der Waals surface area contributed by atoms with Crippen molar-refractivity contribution in [3.05, 3.63) is 0 Å². The zero-order valence-electron chi connectivity index (χ0n) is 11.8. The molecule has 0 aromatic heterocycles. The first-order chi connectivity index (χ1) is 8.65. The van der Waals surface area contributed by atoms with Gasteiger partial charge in [0.05, 0.1) is 12.6 Å². The lowest BCUT2D eigenvalue weighted by Gasteiger charge is -2.32. The maximum absolute atomic E-state index is 6.06. The van der Waals surface area contributed by atoms with Crippen molar-refractivity contribution < 1.29 is 18.4 Å². The van der Waals surface area contributed by atoms with Crippen molar-refractivity contribution in [1.29, 1.82) is 0 Å². The minimum Gasteiger partial charge on any atom is -0.378 e. The first kappa shape index (κ1) is 16.3. The summed E-state index contributed by atoms with van der Waals surface area (Å²) in [7, 11) is 3.67. The van der Waals surface area contributed by atoms with Crippen molar-refractivity contribution in [1.82, 2.24) is 0 Å². The summed E-state index contributed by atoms with van der Waals surface area (Å²) in [5.41, 5.74) is -0.449. The van der Waals surface area contributed by atoms with E-state index in [0.29, 0.717) is 6.61 Å². The van der Waals surface area contributed by atoms with Gasteiger partial charge in [-0.15, -0.1) is 0 Å². The van der Waals surface area contributed by atoms with E-state index in [0.717, 1.165) is 25.9 Å². The normalized spacial score (nSPS) is 36.1. The number of hydrogen-bond acceptors (Lipinski definition) is 5. The molecule has 0 amide bonds. The molecule has 6 heteroatoms. The number of thiol groups is 1. The summed E-state index contributed by atoms with van der Waals surface area (Å²) in [4.78, 5) is 0. The number of hydrogen-bond donors (Lipinski definition) is 1. The maximum Gasteiger partial charge on any atom is 0.142 e. The van der Waals surface area contributed by atoms with Gasteiger partial charge in [-0.2, -0.15) is 0 Å². The van der Waals surface area contributed by atoms with Crippen LogP contribution in [-0.2, 0) is 18.4 Å². The molecule has 1 aliphatic heterocycles. The first-order valence-electron chi connectivity index (χ1n) is 6.73. The molecule has 1 fully saturated rings. The summed E-state index contributed by atoms with van der Waals surface area (Å²) >= 11 is 3.98. The Hall–Kier alpha value is 0.255. The molecule has 0 aromatic carbocycles. The minimum absolute atomic E-state index is 0.0122. The lowest BCUT2D eigenvalue weighted by molar-refractivity contribution is -0.108. The van der Waals surface area contributed by atoms with E-state index in [1.807, 2.05) is 7.85 Å². The van der Waals surface area contributed by atoms with E-state index in [1.54, 1.807) is 7.11 Å². The fourth-order valence-electron chi connectivity index (χ4n) is 2.52. The molecule has 4 nitrogen and oxygen atoms in total. The number of unbranched alkanes of at least 4 members (excludes halogenated alkanes) is 1. The Labute approximate surface area is 117 Å². The second kappa shape index (κ2) is 7.75. The summed E-state index contributed by atoms with van der Waals surface area (Å²) in [6.07, 6.45) is 2.71. The summed E-state index contributed by atoms with van der Waals surface area (Å²) in [5, 5.41) is 0. The average Bonchev–Trinajstić information content (AvgIpc) is 2.66. The van der Waals surface area contributed by atoms with Crippen LogP contribution in [0.15, 0.2) is 0 Å². The van der Waals surface area contributed by atoms with Crippen LogP contribution in [-0.4, -0.2) is 52.0 Å². The molecule has 4 atom stereocenters. The molecule has 0 aliphatic carbocycles. The summed E-state index contributed by atoms with van der Waals surface area (Å²) in [5.74, 6) is 0. The standard InChI is InChI=1S/C12H25BO4S/c1-4-6-7-15-8-12(5-2)10(17-18)9(14-3)11(13)16-12/h9-11,18H,4-8,13H2,1-3H3/t9-,10?,11+,12+/m0/s1. The highest BCUT2D eigenvalue weighted by molar-refractivity contribution is 7.75. The van der Waals surface area contributed by atoms with Crippen LogP contribution in [0.4, 0.5) is 0 Å². The van der Waals surface area contributed by atoms with Crippen molar-refractivity contribution >= 4 is 20.8 Å². The monoisotopic (exact) mass is 276 g/mol. The Bertz CT molecular complexity index is 244. The van der Waals surface area contributed by atoms with Crippen molar-refractivity contribution in [2.75, 3.05) is 20.3 Å². The van der Waals surface area contributed by atoms with E-state index in [4.69, 9.17) is 18.4 Å². The molecule has 0 spiro atoms. The van der Waals surface area contributed by atoms with Gasteiger partial charge in [0, 0.05) is 13.7 Å². The zero-order chi connectivity index (χ0) is 13.6. The van der Waals surface area contributed by atoms with Crippen LogP contribution in [0, 0.1) is 0 Å². The Kier molecular flexibility index (Phi) is 7.02. The van der Waals surface area contributed by atoms with Gasteiger partial charge in [-0.05, 0) is 25.8 Å². The van der Waals surface area contributed by atoms with Crippen LogP contribution in [0.25, 0.3) is 0 Å². The molecule has 1 heterocycles. The molecule has 0 bridgehead atoms. The summed E-state index contributed by atoms with van der Waals surface area (Å²) in [6.45, 7) is 5.51. The number of methoxy groups -OCH3 is 1. The maximum atomic E-state index is 6.06. The molecule has 1 rings (SSSR count). The van der Waals surface area contributed by atoms with Gasteiger partial charge in [0.1, 0.15) is 25.7 Å². The number of ether oxygens (including phenoxy) is 3. The third-order valence-corrected chi connectivity index (χ3v) is 3.90. The highest BCUT2D eigenvalue weighted by Crippen LogP contribution is 2.37. The molecule has 0 radical (unpaired) electrons. The van der Waals surface area contributed by atoms with Crippen LogP contribution in [0.2, 0.25) is 0 Å². The van der Waals surface area contributed by atoms with Crippen molar-refractivity contribution in [2.24, 2.45) is 0 Å². The van der Waals surface area contributed by atoms with Crippen molar-refractivity contribution in [3.8, 4) is 0 Å². The average molecular weight is 276 g/mol. The number of rotatable bonds is 8.